The Kier molecular flexibility index (Phi) is 5.94. The van der Waals surface area contributed by atoms with Crippen LogP contribution in [-0.2, 0) is 26.6 Å². The third-order valence-corrected chi connectivity index (χ3v) is 6.15. The molecule has 1 aliphatic heterocycles. The second kappa shape index (κ2) is 8.59. The molecule has 28 heavy (non-hydrogen) atoms. The van der Waals surface area contributed by atoms with Gasteiger partial charge >= 0.3 is 0 Å². The van der Waals surface area contributed by atoms with Crippen molar-refractivity contribution in [3.8, 4) is 0 Å². The first-order valence-electron chi connectivity index (χ1n) is 9.25. The van der Waals surface area contributed by atoms with Crippen LogP contribution in [-0.4, -0.2) is 26.4 Å². The molecular formula is C21H23FN4S2. The molecule has 1 aliphatic rings. The van der Waals surface area contributed by atoms with Gasteiger partial charge in [-0.2, -0.15) is 3.89 Å². The Morgan fingerprint density at radius 2 is 2.04 bits per heavy atom. The SMILES string of the molecule is Cn1cncc1CN1C[C@@H](Cc2ccccc2)N(S)Cc2cc(SF)ccc21. The minimum absolute atomic E-state index is 0.229. The molecule has 0 radical (unpaired) electrons. The van der Waals surface area contributed by atoms with Crippen LogP contribution in [0.15, 0.2) is 66.0 Å². The number of benzene rings is 2. The molecule has 0 N–H and O–H groups in total. The Labute approximate surface area is 175 Å². The van der Waals surface area contributed by atoms with Gasteiger partial charge in [0.15, 0.2) is 0 Å². The van der Waals surface area contributed by atoms with Crippen molar-refractivity contribution in [3.63, 3.8) is 0 Å². The van der Waals surface area contributed by atoms with E-state index < -0.39 is 0 Å². The Bertz CT molecular complexity index is 931. The van der Waals surface area contributed by atoms with Gasteiger partial charge in [-0.15, -0.1) is 0 Å². The van der Waals surface area contributed by atoms with E-state index in [9.17, 15) is 3.89 Å². The summed E-state index contributed by atoms with van der Waals surface area (Å²) in [7, 11) is 2.01. The number of halogens is 1. The predicted molar refractivity (Wildman–Crippen MR) is 116 cm³/mol. The fraction of sp³-hybridized carbons (Fsp3) is 0.286. The molecular weight excluding hydrogens is 391 g/mol. The second-order valence-corrected chi connectivity index (χ2v) is 8.32. The summed E-state index contributed by atoms with van der Waals surface area (Å²) in [6.07, 6.45) is 4.63. The fourth-order valence-corrected chi connectivity index (χ4v) is 4.35. The summed E-state index contributed by atoms with van der Waals surface area (Å²) in [6, 6.07) is 16.5. The monoisotopic (exact) mass is 414 g/mol. The van der Waals surface area contributed by atoms with Crippen LogP contribution in [0.3, 0.4) is 0 Å². The van der Waals surface area contributed by atoms with Crippen LogP contribution in [0.1, 0.15) is 16.8 Å². The summed E-state index contributed by atoms with van der Waals surface area (Å²) in [5.74, 6) is 0. The van der Waals surface area contributed by atoms with Crippen LogP contribution in [0.5, 0.6) is 0 Å². The van der Waals surface area contributed by atoms with E-state index in [2.05, 4.69) is 38.5 Å². The highest BCUT2D eigenvalue weighted by Crippen LogP contribution is 2.33. The van der Waals surface area contributed by atoms with Crippen molar-refractivity contribution >= 4 is 30.7 Å². The number of hydrogen-bond acceptors (Lipinski definition) is 5. The molecule has 0 aliphatic carbocycles. The number of nitrogens with zero attached hydrogens (tertiary/aromatic N) is 4. The van der Waals surface area contributed by atoms with Crippen molar-refractivity contribution in [2.24, 2.45) is 7.05 Å². The molecule has 4 rings (SSSR count). The van der Waals surface area contributed by atoms with E-state index in [1.54, 1.807) is 0 Å². The van der Waals surface area contributed by atoms with Crippen molar-refractivity contribution in [2.45, 2.75) is 30.4 Å². The third kappa shape index (κ3) is 4.21. The molecule has 0 bridgehead atoms. The number of aromatic nitrogens is 2. The molecule has 0 spiro atoms. The average Bonchev–Trinajstić information content (AvgIpc) is 3.06. The Morgan fingerprint density at radius 3 is 2.75 bits per heavy atom. The van der Waals surface area contributed by atoms with Crippen molar-refractivity contribution in [2.75, 3.05) is 11.4 Å². The standard InChI is InChI=1S/C21H23FN4S2/c1-24-15-23-11-19(24)14-25-13-18(9-16-5-3-2-4-6-16)26(27)12-17-10-20(28-22)7-8-21(17)25/h2-8,10-11,15,18,27H,9,12-14H2,1H3/t18-/m1/s1. The Hall–Kier alpha value is -1.96. The Morgan fingerprint density at radius 1 is 1.21 bits per heavy atom. The summed E-state index contributed by atoms with van der Waals surface area (Å²) < 4.78 is 17.3. The van der Waals surface area contributed by atoms with Gasteiger partial charge in [-0.25, -0.2) is 9.29 Å². The van der Waals surface area contributed by atoms with Crippen LogP contribution in [0.4, 0.5) is 9.57 Å². The van der Waals surface area contributed by atoms with Gasteiger partial charge in [-0.3, -0.25) is 0 Å². The van der Waals surface area contributed by atoms with Gasteiger partial charge in [0.1, 0.15) is 0 Å². The van der Waals surface area contributed by atoms with Crippen LogP contribution >= 0.6 is 25.0 Å². The maximum absolute atomic E-state index is 13.2. The highest BCUT2D eigenvalue weighted by Gasteiger charge is 2.27. The van der Waals surface area contributed by atoms with Crippen LogP contribution in [0, 0.1) is 0 Å². The Balaban J connectivity index is 1.67. The van der Waals surface area contributed by atoms with Gasteiger partial charge in [0, 0.05) is 43.0 Å². The van der Waals surface area contributed by atoms with Gasteiger partial charge in [-0.05, 0) is 35.7 Å². The normalized spacial score (nSPS) is 17.4. The van der Waals surface area contributed by atoms with E-state index in [0.29, 0.717) is 11.4 Å². The van der Waals surface area contributed by atoms with E-state index in [0.717, 1.165) is 36.5 Å². The lowest BCUT2D eigenvalue weighted by molar-refractivity contribution is 0.355. The molecule has 1 aromatic heterocycles. The lowest BCUT2D eigenvalue weighted by Crippen LogP contribution is -2.38. The molecule has 0 fully saturated rings. The smallest absolute Gasteiger partial charge is 0.0946 e. The van der Waals surface area contributed by atoms with Gasteiger partial charge < -0.3 is 9.47 Å². The maximum Gasteiger partial charge on any atom is 0.0946 e. The van der Waals surface area contributed by atoms with E-state index in [-0.39, 0.29) is 18.2 Å². The van der Waals surface area contributed by atoms with Crippen LogP contribution in [0.25, 0.3) is 0 Å². The van der Waals surface area contributed by atoms with Gasteiger partial charge in [0.05, 0.1) is 30.7 Å². The lowest BCUT2D eigenvalue weighted by atomic mass is 10.1. The zero-order valence-corrected chi connectivity index (χ0v) is 17.4. The molecule has 1 atom stereocenters. The van der Waals surface area contributed by atoms with Gasteiger partial charge in [0.25, 0.3) is 0 Å². The summed E-state index contributed by atoms with van der Waals surface area (Å²) in [6.45, 7) is 2.25. The van der Waals surface area contributed by atoms with Crippen LogP contribution < -0.4 is 4.90 Å². The number of hydrogen-bond donors (Lipinski definition) is 1. The highest BCUT2D eigenvalue weighted by atomic mass is 32.2. The number of aryl methyl sites for hydroxylation is 1. The largest absolute Gasteiger partial charge is 0.364 e. The summed E-state index contributed by atoms with van der Waals surface area (Å²) >= 11 is 5.09. The minimum Gasteiger partial charge on any atom is -0.364 e. The summed E-state index contributed by atoms with van der Waals surface area (Å²) in [5, 5.41) is 0. The van der Waals surface area contributed by atoms with Gasteiger partial charge in [-0.1, -0.05) is 43.1 Å². The van der Waals surface area contributed by atoms with Crippen LogP contribution in [0.2, 0.25) is 0 Å². The number of thiol groups is 1. The first-order valence-corrected chi connectivity index (χ1v) is 10.4. The zero-order chi connectivity index (χ0) is 19.5. The average molecular weight is 415 g/mol. The fourth-order valence-electron chi connectivity index (χ4n) is 3.73. The summed E-state index contributed by atoms with van der Waals surface area (Å²) in [5.41, 5.74) is 4.66. The maximum atomic E-state index is 13.2. The van der Waals surface area contributed by atoms with Crippen molar-refractivity contribution in [3.05, 3.63) is 77.9 Å². The highest BCUT2D eigenvalue weighted by molar-refractivity contribution is 7.94. The first kappa shape index (κ1) is 19.4. The molecule has 0 saturated heterocycles. The second-order valence-electron chi connectivity index (χ2n) is 7.19. The predicted octanol–water partition coefficient (Wildman–Crippen LogP) is 4.68. The molecule has 2 aromatic carbocycles. The molecule has 4 nitrogen and oxygen atoms in total. The van der Waals surface area contributed by atoms with E-state index in [1.165, 1.54) is 5.56 Å². The van der Waals surface area contributed by atoms with Crippen molar-refractivity contribution in [1.82, 2.24) is 13.9 Å². The molecule has 0 amide bonds. The summed E-state index contributed by atoms with van der Waals surface area (Å²) in [4.78, 5) is 7.24. The number of imidazole rings is 1. The first-order chi connectivity index (χ1) is 13.6. The third-order valence-electron chi connectivity index (χ3n) is 5.25. The number of anilines is 1. The molecule has 146 valence electrons. The van der Waals surface area contributed by atoms with E-state index in [1.807, 2.05) is 48.4 Å². The quantitative estimate of drug-likeness (QED) is 0.613. The number of rotatable bonds is 5. The number of fused-ring (bicyclic) bond motifs is 1. The lowest BCUT2D eigenvalue weighted by Gasteiger charge is -2.30. The molecule has 3 aromatic rings. The molecule has 2 heterocycles. The molecule has 7 heteroatoms. The van der Waals surface area contributed by atoms with Gasteiger partial charge in [0.2, 0.25) is 0 Å². The van der Waals surface area contributed by atoms with E-state index in [4.69, 9.17) is 12.8 Å². The minimum atomic E-state index is 0.229. The zero-order valence-electron chi connectivity index (χ0n) is 15.7. The topological polar surface area (TPSA) is 24.3 Å². The van der Waals surface area contributed by atoms with Crippen molar-refractivity contribution < 1.29 is 3.89 Å². The molecule has 0 unspecified atom stereocenters. The van der Waals surface area contributed by atoms with Crippen molar-refractivity contribution in [1.29, 1.82) is 0 Å². The van der Waals surface area contributed by atoms with E-state index >= 15 is 0 Å². The molecule has 0 saturated carbocycles.